The lowest BCUT2D eigenvalue weighted by Gasteiger charge is -1.99. The minimum Gasteiger partial charge on any atom is -0.392 e. The van der Waals surface area contributed by atoms with Gasteiger partial charge in [-0.05, 0) is 29.8 Å². The molecule has 2 aromatic heterocycles. The second kappa shape index (κ2) is 3.99. The molecule has 0 aliphatic heterocycles. The van der Waals surface area contributed by atoms with E-state index in [4.69, 9.17) is 5.11 Å². The lowest BCUT2D eigenvalue weighted by atomic mass is 10.1. The number of aromatic amines is 1. The highest BCUT2D eigenvalue weighted by Gasteiger charge is 2.08. The van der Waals surface area contributed by atoms with Gasteiger partial charge >= 0.3 is 0 Å². The second-order valence-corrected chi connectivity index (χ2v) is 3.85. The highest BCUT2D eigenvalue weighted by molar-refractivity contribution is 5.93. The Balaban J connectivity index is 2.23. The summed E-state index contributed by atoms with van der Waals surface area (Å²) in [5.41, 5.74) is 3.75. The van der Waals surface area contributed by atoms with Crippen molar-refractivity contribution in [3.8, 4) is 11.3 Å². The van der Waals surface area contributed by atoms with Crippen molar-refractivity contribution in [2.75, 3.05) is 0 Å². The van der Waals surface area contributed by atoms with Crippen LogP contribution >= 0.6 is 0 Å². The van der Waals surface area contributed by atoms with Crippen LogP contribution < -0.4 is 0 Å². The van der Waals surface area contributed by atoms with E-state index >= 15 is 0 Å². The van der Waals surface area contributed by atoms with Crippen molar-refractivity contribution >= 4 is 10.9 Å². The minimum atomic E-state index is 0.0386. The molecule has 0 unspecified atom stereocenters. The molecule has 4 heteroatoms. The van der Waals surface area contributed by atoms with Crippen LogP contribution in [0, 0.1) is 0 Å². The summed E-state index contributed by atoms with van der Waals surface area (Å²) in [6.07, 6.45) is 3.48. The van der Waals surface area contributed by atoms with Crippen LogP contribution in [0.4, 0.5) is 0 Å². The van der Waals surface area contributed by atoms with Crippen LogP contribution in [0.1, 0.15) is 5.56 Å². The number of hydrogen-bond donors (Lipinski definition) is 2. The highest BCUT2D eigenvalue weighted by atomic mass is 16.3. The fourth-order valence-electron chi connectivity index (χ4n) is 1.89. The first-order valence-corrected chi connectivity index (χ1v) is 5.37. The zero-order chi connectivity index (χ0) is 11.7. The molecular weight excluding hydrogens is 214 g/mol. The third-order valence-electron chi connectivity index (χ3n) is 2.76. The smallest absolute Gasteiger partial charge is 0.100 e. The molecule has 0 saturated carbocycles. The van der Waals surface area contributed by atoms with E-state index in [0.29, 0.717) is 0 Å². The molecule has 17 heavy (non-hydrogen) atoms. The van der Waals surface area contributed by atoms with Crippen molar-refractivity contribution in [2.24, 2.45) is 0 Å². The summed E-state index contributed by atoms with van der Waals surface area (Å²) in [7, 11) is 0. The Kier molecular flexibility index (Phi) is 2.34. The van der Waals surface area contributed by atoms with Gasteiger partial charge in [0.1, 0.15) is 5.69 Å². The molecule has 4 nitrogen and oxygen atoms in total. The number of rotatable bonds is 2. The van der Waals surface area contributed by atoms with E-state index in [2.05, 4.69) is 15.2 Å². The molecule has 84 valence electrons. The molecule has 0 atom stereocenters. The lowest BCUT2D eigenvalue weighted by Crippen LogP contribution is -1.83. The van der Waals surface area contributed by atoms with E-state index in [1.165, 1.54) is 0 Å². The average Bonchev–Trinajstić information content (AvgIpc) is 2.82. The van der Waals surface area contributed by atoms with Crippen molar-refractivity contribution in [1.82, 2.24) is 15.2 Å². The van der Waals surface area contributed by atoms with Gasteiger partial charge < -0.3 is 5.11 Å². The molecule has 0 aliphatic rings. The van der Waals surface area contributed by atoms with Gasteiger partial charge in [0.25, 0.3) is 0 Å². The van der Waals surface area contributed by atoms with Crippen LogP contribution in [0.3, 0.4) is 0 Å². The predicted molar refractivity (Wildman–Crippen MR) is 65.2 cm³/mol. The molecule has 0 aliphatic carbocycles. The topological polar surface area (TPSA) is 61.8 Å². The van der Waals surface area contributed by atoms with Crippen LogP contribution in [0.25, 0.3) is 22.2 Å². The van der Waals surface area contributed by atoms with Crippen molar-refractivity contribution in [2.45, 2.75) is 6.61 Å². The number of aliphatic hydroxyl groups excluding tert-OH is 1. The largest absolute Gasteiger partial charge is 0.392 e. The zero-order valence-electron chi connectivity index (χ0n) is 9.09. The fraction of sp³-hybridized carbons (Fsp3) is 0.0769. The van der Waals surface area contributed by atoms with E-state index in [9.17, 15) is 0 Å². The van der Waals surface area contributed by atoms with Crippen molar-refractivity contribution in [3.05, 3.63) is 48.3 Å². The summed E-state index contributed by atoms with van der Waals surface area (Å²) in [6, 6.07) is 9.60. The van der Waals surface area contributed by atoms with E-state index in [1.807, 2.05) is 30.3 Å². The molecule has 0 fully saturated rings. The van der Waals surface area contributed by atoms with E-state index in [0.717, 1.165) is 27.7 Å². The van der Waals surface area contributed by atoms with Crippen LogP contribution in [-0.2, 0) is 6.61 Å². The summed E-state index contributed by atoms with van der Waals surface area (Å²) in [5.74, 6) is 0. The van der Waals surface area contributed by atoms with Crippen molar-refractivity contribution in [1.29, 1.82) is 0 Å². The maximum atomic E-state index is 9.16. The first-order valence-electron chi connectivity index (χ1n) is 5.37. The summed E-state index contributed by atoms with van der Waals surface area (Å²) in [6.45, 7) is 0.0386. The lowest BCUT2D eigenvalue weighted by molar-refractivity contribution is 0.282. The third kappa shape index (κ3) is 1.68. The van der Waals surface area contributed by atoms with E-state index in [1.54, 1.807) is 12.4 Å². The highest BCUT2D eigenvalue weighted by Crippen LogP contribution is 2.26. The molecule has 1 aromatic carbocycles. The number of fused-ring (bicyclic) bond motifs is 1. The number of hydrogen-bond acceptors (Lipinski definition) is 3. The fourth-order valence-corrected chi connectivity index (χ4v) is 1.89. The van der Waals surface area contributed by atoms with Gasteiger partial charge in [-0.15, -0.1) is 0 Å². The third-order valence-corrected chi connectivity index (χ3v) is 2.76. The summed E-state index contributed by atoms with van der Waals surface area (Å²) >= 11 is 0. The first-order chi connectivity index (χ1) is 8.38. The molecule has 0 amide bonds. The molecule has 2 N–H and O–H groups in total. The molecule has 0 saturated heterocycles. The Morgan fingerprint density at radius 2 is 1.94 bits per heavy atom. The Labute approximate surface area is 97.9 Å². The molecule has 3 aromatic rings. The molecule has 0 spiro atoms. The Morgan fingerprint density at radius 1 is 1.12 bits per heavy atom. The summed E-state index contributed by atoms with van der Waals surface area (Å²) in [5, 5.41) is 17.5. The minimum absolute atomic E-state index is 0.0386. The van der Waals surface area contributed by atoms with Gasteiger partial charge in [-0.25, -0.2) is 0 Å². The van der Waals surface area contributed by atoms with Crippen LogP contribution in [-0.4, -0.2) is 20.3 Å². The van der Waals surface area contributed by atoms with Crippen LogP contribution in [0.15, 0.2) is 42.7 Å². The van der Waals surface area contributed by atoms with Gasteiger partial charge in [0, 0.05) is 23.3 Å². The Bertz CT molecular complexity index is 646. The standard InChI is InChI=1S/C13H11N3O/c17-8-9-1-2-12-11(7-9)13(16-15-12)10-3-5-14-6-4-10/h1-7,17H,8H2,(H,15,16). The predicted octanol–water partition coefficient (Wildman–Crippen LogP) is 2.12. The SMILES string of the molecule is OCc1ccc2[nH]nc(-c3ccncc3)c2c1. The van der Waals surface area contributed by atoms with Crippen LogP contribution in [0.5, 0.6) is 0 Å². The maximum Gasteiger partial charge on any atom is 0.100 e. The molecule has 2 heterocycles. The molecule has 0 bridgehead atoms. The zero-order valence-corrected chi connectivity index (χ0v) is 9.09. The Hall–Kier alpha value is -2.20. The maximum absolute atomic E-state index is 9.16. The average molecular weight is 225 g/mol. The Morgan fingerprint density at radius 3 is 2.71 bits per heavy atom. The number of H-pyrrole nitrogens is 1. The normalized spacial score (nSPS) is 10.9. The van der Waals surface area contributed by atoms with E-state index < -0.39 is 0 Å². The molecule has 0 radical (unpaired) electrons. The second-order valence-electron chi connectivity index (χ2n) is 3.85. The van der Waals surface area contributed by atoms with E-state index in [-0.39, 0.29) is 6.61 Å². The van der Waals surface area contributed by atoms with Crippen molar-refractivity contribution in [3.63, 3.8) is 0 Å². The summed E-state index contributed by atoms with van der Waals surface area (Å²) < 4.78 is 0. The molecule has 3 rings (SSSR count). The number of pyridine rings is 1. The molecular formula is C13H11N3O. The number of aromatic nitrogens is 3. The summed E-state index contributed by atoms with van der Waals surface area (Å²) in [4.78, 5) is 3.99. The van der Waals surface area contributed by atoms with Gasteiger partial charge in [0.15, 0.2) is 0 Å². The van der Waals surface area contributed by atoms with Gasteiger partial charge in [-0.1, -0.05) is 6.07 Å². The van der Waals surface area contributed by atoms with Gasteiger partial charge in [0.2, 0.25) is 0 Å². The van der Waals surface area contributed by atoms with Crippen molar-refractivity contribution < 1.29 is 5.11 Å². The number of nitrogens with one attached hydrogen (secondary N) is 1. The number of nitrogens with zero attached hydrogens (tertiary/aromatic N) is 2. The monoisotopic (exact) mass is 225 g/mol. The van der Waals surface area contributed by atoms with Gasteiger partial charge in [-0.3, -0.25) is 10.1 Å². The number of benzene rings is 1. The van der Waals surface area contributed by atoms with Gasteiger partial charge in [-0.2, -0.15) is 5.10 Å². The first kappa shape index (κ1) is 9.99. The quantitative estimate of drug-likeness (QED) is 0.702. The number of aliphatic hydroxyl groups is 1. The van der Waals surface area contributed by atoms with Gasteiger partial charge in [0.05, 0.1) is 12.1 Å². The van der Waals surface area contributed by atoms with Crippen LogP contribution in [0.2, 0.25) is 0 Å².